The van der Waals surface area contributed by atoms with Gasteiger partial charge in [-0.2, -0.15) is 0 Å². The molecule has 1 N–H and O–H groups in total. The second kappa shape index (κ2) is 9.16. The number of pyridine rings is 1. The van der Waals surface area contributed by atoms with Crippen LogP contribution in [0.2, 0.25) is 10.0 Å². The van der Waals surface area contributed by atoms with Crippen LogP contribution in [0.4, 0.5) is 5.69 Å². The lowest BCUT2D eigenvalue weighted by Gasteiger charge is -2.11. The highest BCUT2D eigenvalue weighted by Crippen LogP contribution is 2.26. The smallest absolute Gasteiger partial charge is 0.339 e. The molecule has 1 heterocycles. The van der Waals surface area contributed by atoms with Gasteiger partial charge in [0.05, 0.1) is 27.5 Å². The zero-order valence-corrected chi connectivity index (χ0v) is 17.7. The molecule has 7 heteroatoms. The number of anilines is 1. The van der Waals surface area contributed by atoms with Gasteiger partial charge in [-0.05, 0) is 36.4 Å². The molecular weight excluding hydrogens is 435 g/mol. The van der Waals surface area contributed by atoms with Crippen molar-refractivity contribution in [1.29, 1.82) is 0 Å². The summed E-state index contributed by atoms with van der Waals surface area (Å²) in [6.45, 7) is -0.447. The fourth-order valence-electron chi connectivity index (χ4n) is 3.07. The maximum atomic E-state index is 12.8. The first-order valence-electron chi connectivity index (χ1n) is 9.38. The Bertz CT molecular complexity index is 1270. The topological polar surface area (TPSA) is 68.3 Å². The van der Waals surface area contributed by atoms with Crippen molar-refractivity contribution >= 4 is 51.7 Å². The first-order valence-corrected chi connectivity index (χ1v) is 10.1. The zero-order chi connectivity index (χ0) is 21.8. The van der Waals surface area contributed by atoms with Gasteiger partial charge >= 0.3 is 5.97 Å². The van der Waals surface area contributed by atoms with Gasteiger partial charge in [0.2, 0.25) is 0 Å². The van der Waals surface area contributed by atoms with E-state index in [1.807, 2.05) is 30.3 Å². The summed E-state index contributed by atoms with van der Waals surface area (Å²) in [7, 11) is 0. The van der Waals surface area contributed by atoms with Gasteiger partial charge < -0.3 is 10.1 Å². The van der Waals surface area contributed by atoms with E-state index in [1.165, 1.54) is 0 Å². The van der Waals surface area contributed by atoms with Crippen LogP contribution in [0.1, 0.15) is 10.4 Å². The molecule has 4 rings (SSSR count). The maximum Gasteiger partial charge on any atom is 0.339 e. The molecule has 0 atom stereocenters. The van der Waals surface area contributed by atoms with Crippen molar-refractivity contribution in [3.63, 3.8) is 0 Å². The van der Waals surface area contributed by atoms with E-state index in [0.717, 1.165) is 5.56 Å². The van der Waals surface area contributed by atoms with Gasteiger partial charge in [0.1, 0.15) is 0 Å². The number of rotatable bonds is 5. The number of hydrogen-bond donors (Lipinski definition) is 1. The predicted molar refractivity (Wildman–Crippen MR) is 123 cm³/mol. The minimum atomic E-state index is -0.622. The number of hydrogen-bond acceptors (Lipinski definition) is 4. The fourth-order valence-corrected chi connectivity index (χ4v) is 3.38. The summed E-state index contributed by atoms with van der Waals surface area (Å²) in [5.41, 5.74) is 2.82. The van der Waals surface area contributed by atoms with Crippen LogP contribution in [0.5, 0.6) is 0 Å². The highest BCUT2D eigenvalue weighted by molar-refractivity contribution is 6.33. The Morgan fingerprint density at radius 3 is 2.39 bits per heavy atom. The van der Waals surface area contributed by atoms with Gasteiger partial charge in [-0.15, -0.1) is 0 Å². The molecule has 0 aliphatic heterocycles. The summed E-state index contributed by atoms with van der Waals surface area (Å²) in [5, 5.41) is 4.26. The lowest BCUT2D eigenvalue weighted by molar-refractivity contribution is -0.119. The number of ether oxygens (including phenoxy) is 1. The molecule has 0 aliphatic rings. The highest BCUT2D eigenvalue weighted by atomic mass is 35.5. The molecule has 5 nitrogen and oxygen atoms in total. The minimum Gasteiger partial charge on any atom is -0.452 e. The summed E-state index contributed by atoms with van der Waals surface area (Å²) < 4.78 is 5.28. The molecule has 0 radical (unpaired) electrons. The number of para-hydroxylation sites is 2. The molecule has 0 saturated heterocycles. The van der Waals surface area contributed by atoms with Gasteiger partial charge in [-0.1, -0.05) is 65.7 Å². The Labute approximate surface area is 188 Å². The second-order valence-electron chi connectivity index (χ2n) is 6.68. The monoisotopic (exact) mass is 450 g/mol. The molecule has 0 aliphatic carbocycles. The predicted octanol–water partition coefficient (Wildman–Crippen LogP) is 6.00. The Hall–Kier alpha value is -3.41. The Kier molecular flexibility index (Phi) is 6.16. The molecular formula is C24H16Cl2N2O3. The summed E-state index contributed by atoms with van der Waals surface area (Å²) >= 11 is 12.0. The van der Waals surface area contributed by atoms with E-state index in [2.05, 4.69) is 10.3 Å². The number of nitrogens with one attached hydrogen (secondary N) is 1. The third kappa shape index (κ3) is 4.85. The molecule has 1 amide bonds. The van der Waals surface area contributed by atoms with Crippen molar-refractivity contribution in [2.45, 2.75) is 0 Å². The number of esters is 1. The number of halogens is 2. The largest absolute Gasteiger partial charge is 0.452 e. The summed E-state index contributed by atoms with van der Waals surface area (Å²) in [6, 6.07) is 22.9. The average molecular weight is 451 g/mol. The molecule has 1 aromatic heterocycles. The number of amides is 1. The van der Waals surface area contributed by atoms with Gasteiger partial charge in [0.25, 0.3) is 5.91 Å². The third-order valence-electron chi connectivity index (χ3n) is 4.56. The van der Waals surface area contributed by atoms with E-state index < -0.39 is 18.5 Å². The van der Waals surface area contributed by atoms with Crippen LogP contribution >= 0.6 is 23.2 Å². The number of nitrogens with zero attached hydrogens (tertiary/aromatic N) is 1. The number of carbonyl (C=O) groups is 2. The Morgan fingerprint density at radius 1 is 0.903 bits per heavy atom. The Morgan fingerprint density at radius 2 is 1.61 bits per heavy atom. The van der Waals surface area contributed by atoms with E-state index in [4.69, 9.17) is 27.9 Å². The van der Waals surface area contributed by atoms with Crippen molar-refractivity contribution in [1.82, 2.24) is 4.98 Å². The Balaban J connectivity index is 1.57. The summed E-state index contributed by atoms with van der Waals surface area (Å²) in [6.07, 6.45) is 0. The SMILES string of the molecule is O=C(COC(=O)c1cc(-c2ccc(Cl)cc2)nc2ccccc12)Nc1ccccc1Cl. The molecule has 0 spiro atoms. The molecule has 31 heavy (non-hydrogen) atoms. The molecule has 0 fully saturated rings. The highest BCUT2D eigenvalue weighted by Gasteiger charge is 2.17. The lowest BCUT2D eigenvalue weighted by Crippen LogP contribution is -2.21. The van der Waals surface area contributed by atoms with E-state index in [0.29, 0.717) is 37.9 Å². The van der Waals surface area contributed by atoms with Gasteiger partial charge in [-0.3, -0.25) is 4.79 Å². The first kappa shape index (κ1) is 20.8. The van der Waals surface area contributed by atoms with Crippen molar-refractivity contribution in [3.8, 4) is 11.3 Å². The quantitative estimate of drug-likeness (QED) is 0.378. The molecule has 0 saturated carbocycles. The zero-order valence-electron chi connectivity index (χ0n) is 16.1. The van der Waals surface area contributed by atoms with Crippen LogP contribution in [0.25, 0.3) is 22.2 Å². The molecule has 154 valence electrons. The molecule has 4 aromatic rings. The molecule has 3 aromatic carbocycles. The third-order valence-corrected chi connectivity index (χ3v) is 5.14. The standard InChI is InChI=1S/C24H16Cl2N2O3/c25-16-11-9-15(10-12-16)22-13-18(17-5-1-3-7-20(17)27-22)24(30)31-14-23(29)28-21-8-4-2-6-19(21)26/h1-13H,14H2,(H,28,29). The van der Waals surface area contributed by atoms with Crippen LogP contribution < -0.4 is 5.32 Å². The van der Waals surface area contributed by atoms with Crippen molar-refractivity contribution in [2.75, 3.05) is 11.9 Å². The number of aromatic nitrogens is 1. The number of carbonyl (C=O) groups excluding carboxylic acids is 2. The van der Waals surface area contributed by atoms with E-state index in [1.54, 1.807) is 48.5 Å². The van der Waals surface area contributed by atoms with Crippen LogP contribution in [-0.4, -0.2) is 23.5 Å². The average Bonchev–Trinajstić information content (AvgIpc) is 2.79. The van der Waals surface area contributed by atoms with Gasteiger partial charge in [0, 0.05) is 16.0 Å². The van der Waals surface area contributed by atoms with Crippen LogP contribution in [0, 0.1) is 0 Å². The van der Waals surface area contributed by atoms with Gasteiger partial charge in [0.15, 0.2) is 6.61 Å². The van der Waals surface area contributed by atoms with E-state index in [-0.39, 0.29) is 0 Å². The van der Waals surface area contributed by atoms with E-state index >= 15 is 0 Å². The maximum absolute atomic E-state index is 12.8. The summed E-state index contributed by atoms with van der Waals surface area (Å²) in [4.78, 5) is 29.7. The molecule has 0 unspecified atom stereocenters. The van der Waals surface area contributed by atoms with Crippen molar-refractivity contribution in [2.24, 2.45) is 0 Å². The van der Waals surface area contributed by atoms with Crippen LogP contribution in [-0.2, 0) is 9.53 Å². The van der Waals surface area contributed by atoms with E-state index in [9.17, 15) is 9.59 Å². The number of fused-ring (bicyclic) bond motifs is 1. The van der Waals surface area contributed by atoms with Crippen molar-refractivity contribution < 1.29 is 14.3 Å². The van der Waals surface area contributed by atoms with Crippen molar-refractivity contribution in [3.05, 3.63) is 94.5 Å². The van der Waals surface area contributed by atoms with Crippen LogP contribution in [0.3, 0.4) is 0 Å². The lowest BCUT2D eigenvalue weighted by atomic mass is 10.0. The second-order valence-corrected chi connectivity index (χ2v) is 7.53. The summed E-state index contributed by atoms with van der Waals surface area (Å²) in [5.74, 6) is -1.11. The fraction of sp³-hybridized carbons (Fsp3) is 0.0417. The van der Waals surface area contributed by atoms with Gasteiger partial charge in [-0.25, -0.2) is 9.78 Å². The number of benzene rings is 3. The molecule has 0 bridgehead atoms. The first-order chi connectivity index (χ1) is 15.0. The van der Waals surface area contributed by atoms with Crippen LogP contribution in [0.15, 0.2) is 78.9 Å². The normalized spacial score (nSPS) is 10.6. The minimum absolute atomic E-state index is 0.320.